The molecule has 2 heterocycles. The molecule has 2 atom stereocenters. The fourth-order valence-electron chi connectivity index (χ4n) is 3.87. The van der Waals surface area contributed by atoms with Crippen LogP contribution in [0.2, 0.25) is 0 Å². The summed E-state index contributed by atoms with van der Waals surface area (Å²) in [5, 5.41) is 9.55. The van der Waals surface area contributed by atoms with E-state index in [0.717, 1.165) is 26.2 Å². The van der Waals surface area contributed by atoms with Gasteiger partial charge in [0.15, 0.2) is 0 Å². The second-order valence-corrected chi connectivity index (χ2v) is 9.77. The first-order chi connectivity index (χ1) is 13.9. The number of hydrogen-bond acceptors (Lipinski definition) is 7. The van der Waals surface area contributed by atoms with Gasteiger partial charge in [0, 0.05) is 51.9 Å². The van der Waals surface area contributed by atoms with Crippen LogP contribution in [0.5, 0.6) is 5.75 Å². The maximum absolute atomic E-state index is 12.7. The first kappa shape index (κ1) is 22.5. The number of aliphatic hydroxyl groups is 1. The third-order valence-corrected chi connectivity index (χ3v) is 7.36. The summed E-state index contributed by atoms with van der Waals surface area (Å²) in [6, 6.07) is 7.07. The Morgan fingerprint density at radius 2 is 1.86 bits per heavy atom. The van der Waals surface area contributed by atoms with Gasteiger partial charge in [-0.25, -0.2) is 8.42 Å². The van der Waals surface area contributed by atoms with Crippen molar-refractivity contribution < 1.29 is 23.0 Å². The van der Waals surface area contributed by atoms with Crippen LogP contribution in [0, 0.1) is 0 Å². The summed E-state index contributed by atoms with van der Waals surface area (Å²) in [5.74, 6) is 0.673. The van der Waals surface area contributed by atoms with Crippen molar-refractivity contribution in [1.29, 1.82) is 0 Å². The van der Waals surface area contributed by atoms with E-state index >= 15 is 0 Å². The molecule has 8 nitrogen and oxygen atoms in total. The number of ether oxygens (including phenoxy) is 2. The predicted octanol–water partition coefficient (Wildman–Crippen LogP) is 0.473. The van der Waals surface area contributed by atoms with E-state index in [1.807, 2.05) is 6.92 Å². The molecule has 1 aromatic rings. The van der Waals surface area contributed by atoms with Crippen LogP contribution in [0.4, 0.5) is 0 Å². The minimum absolute atomic E-state index is 0.287. The first-order valence-electron chi connectivity index (χ1n) is 10.3. The van der Waals surface area contributed by atoms with Crippen LogP contribution in [-0.4, -0.2) is 105 Å². The van der Waals surface area contributed by atoms with Crippen LogP contribution in [0.3, 0.4) is 0 Å². The smallest absolute Gasteiger partial charge is 0.243 e. The zero-order valence-electron chi connectivity index (χ0n) is 17.4. The lowest BCUT2D eigenvalue weighted by molar-refractivity contribution is 0.0445. The molecule has 0 radical (unpaired) electrons. The number of sulfonamides is 1. The van der Waals surface area contributed by atoms with Gasteiger partial charge in [0.25, 0.3) is 0 Å². The second kappa shape index (κ2) is 10.2. The molecule has 29 heavy (non-hydrogen) atoms. The molecule has 0 spiro atoms. The summed E-state index contributed by atoms with van der Waals surface area (Å²) in [5.41, 5.74) is 0. The quantitative estimate of drug-likeness (QED) is 0.646. The summed E-state index contributed by atoms with van der Waals surface area (Å²) in [6.07, 6.45) is -0.299. The summed E-state index contributed by atoms with van der Waals surface area (Å²) in [4.78, 5) is 4.96. The summed E-state index contributed by atoms with van der Waals surface area (Å²) < 4.78 is 37.8. The van der Waals surface area contributed by atoms with Gasteiger partial charge in [0.1, 0.15) is 12.4 Å². The molecular weight excluding hydrogens is 394 g/mol. The highest BCUT2D eigenvalue weighted by Gasteiger charge is 2.26. The van der Waals surface area contributed by atoms with Crippen LogP contribution in [0.1, 0.15) is 13.8 Å². The van der Waals surface area contributed by atoms with Gasteiger partial charge in [-0.2, -0.15) is 4.31 Å². The third-order valence-electron chi connectivity index (χ3n) is 5.45. The van der Waals surface area contributed by atoms with Gasteiger partial charge in [0.05, 0.1) is 24.2 Å². The molecule has 2 aliphatic heterocycles. The second-order valence-electron chi connectivity index (χ2n) is 7.83. The molecule has 0 bridgehead atoms. The van der Waals surface area contributed by atoms with Crippen molar-refractivity contribution in [2.24, 2.45) is 0 Å². The SMILES string of the molecule is CC(O)CN1CCN(CCOc2ccc(S(=O)(=O)N3CCOCC3)cc2)C(C)C1. The number of β-amino-alcohol motifs (C(OH)–C–C–N with tert-alkyl or cyclic N) is 1. The Kier molecular flexibility index (Phi) is 7.89. The molecule has 2 aliphatic rings. The van der Waals surface area contributed by atoms with Gasteiger partial charge in [-0.3, -0.25) is 9.80 Å². The van der Waals surface area contributed by atoms with Crippen molar-refractivity contribution in [2.75, 3.05) is 65.6 Å². The summed E-state index contributed by atoms with van der Waals surface area (Å²) >= 11 is 0. The third kappa shape index (κ3) is 6.13. The molecule has 164 valence electrons. The Labute approximate surface area is 174 Å². The number of rotatable bonds is 8. The van der Waals surface area contributed by atoms with E-state index in [2.05, 4.69) is 16.7 Å². The Balaban J connectivity index is 1.46. The zero-order chi connectivity index (χ0) is 20.9. The lowest BCUT2D eigenvalue weighted by Crippen LogP contribution is -2.53. The largest absolute Gasteiger partial charge is 0.492 e. The fraction of sp³-hybridized carbons (Fsp3) is 0.700. The van der Waals surface area contributed by atoms with Crippen LogP contribution in [0.25, 0.3) is 0 Å². The molecule has 0 saturated carbocycles. The van der Waals surface area contributed by atoms with Crippen molar-refractivity contribution in [3.05, 3.63) is 24.3 Å². The molecule has 3 rings (SSSR count). The van der Waals surface area contributed by atoms with E-state index in [4.69, 9.17) is 9.47 Å². The molecule has 1 aromatic carbocycles. The van der Waals surface area contributed by atoms with E-state index in [-0.39, 0.29) is 11.0 Å². The van der Waals surface area contributed by atoms with Crippen LogP contribution in [0.15, 0.2) is 29.2 Å². The highest BCUT2D eigenvalue weighted by molar-refractivity contribution is 7.89. The van der Waals surface area contributed by atoms with Crippen LogP contribution in [-0.2, 0) is 14.8 Å². The lowest BCUT2D eigenvalue weighted by Gasteiger charge is -2.40. The van der Waals surface area contributed by atoms with E-state index in [1.165, 1.54) is 4.31 Å². The number of piperazine rings is 1. The number of morpholine rings is 1. The van der Waals surface area contributed by atoms with Crippen LogP contribution >= 0.6 is 0 Å². The Hall–Kier alpha value is -1.23. The van der Waals surface area contributed by atoms with Gasteiger partial charge in [-0.05, 0) is 38.1 Å². The molecule has 1 N–H and O–H groups in total. The Morgan fingerprint density at radius 1 is 1.17 bits per heavy atom. The van der Waals surface area contributed by atoms with Crippen LogP contribution < -0.4 is 4.74 Å². The molecule has 0 aliphatic carbocycles. The minimum atomic E-state index is -3.47. The van der Waals surface area contributed by atoms with E-state index < -0.39 is 10.0 Å². The Bertz CT molecular complexity index is 735. The van der Waals surface area contributed by atoms with E-state index in [1.54, 1.807) is 24.3 Å². The molecule has 2 fully saturated rings. The van der Waals surface area contributed by atoms with Gasteiger partial charge >= 0.3 is 0 Å². The summed E-state index contributed by atoms with van der Waals surface area (Å²) in [6.45, 7) is 10.6. The fourth-order valence-corrected chi connectivity index (χ4v) is 5.27. The highest BCUT2D eigenvalue weighted by atomic mass is 32.2. The maximum Gasteiger partial charge on any atom is 0.243 e. The van der Waals surface area contributed by atoms with E-state index in [0.29, 0.717) is 51.2 Å². The molecule has 0 aromatic heterocycles. The predicted molar refractivity (Wildman–Crippen MR) is 111 cm³/mol. The van der Waals surface area contributed by atoms with Crippen molar-refractivity contribution in [1.82, 2.24) is 14.1 Å². The van der Waals surface area contributed by atoms with Crippen molar-refractivity contribution in [3.8, 4) is 5.75 Å². The van der Waals surface area contributed by atoms with Crippen molar-refractivity contribution in [3.63, 3.8) is 0 Å². The monoisotopic (exact) mass is 427 g/mol. The van der Waals surface area contributed by atoms with Gasteiger partial charge < -0.3 is 14.6 Å². The highest BCUT2D eigenvalue weighted by Crippen LogP contribution is 2.20. The standard InChI is InChI=1S/C20H33N3O5S/c1-17-15-21(16-18(2)24)7-8-22(17)9-14-28-19-3-5-20(6-4-19)29(25,26)23-10-12-27-13-11-23/h3-6,17-18,24H,7-16H2,1-2H3. The summed E-state index contributed by atoms with van der Waals surface area (Å²) in [7, 11) is -3.47. The zero-order valence-corrected chi connectivity index (χ0v) is 18.2. The lowest BCUT2D eigenvalue weighted by atomic mass is 10.2. The van der Waals surface area contributed by atoms with Gasteiger partial charge in [-0.15, -0.1) is 0 Å². The molecule has 2 saturated heterocycles. The average molecular weight is 428 g/mol. The number of benzene rings is 1. The Morgan fingerprint density at radius 3 is 2.48 bits per heavy atom. The van der Waals surface area contributed by atoms with Gasteiger partial charge in [-0.1, -0.05) is 0 Å². The number of aliphatic hydroxyl groups excluding tert-OH is 1. The molecule has 0 amide bonds. The molecule has 9 heteroatoms. The van der Waals surface area contributed by atoms with Crippen molar-refractivity contribution >= 4 is 10.0 Å². The van der Waals surface area contributed by atoms with Crippen molar-refractivity contribution in [2.45, 2.75) is 30.9 Å². The molecular formula is C20H33N3O5S. The molecule has 2 unspecified atom stereocenters. The first-order valence-corrected chi connectivity index (χ1v) is 11.8. The van der Waals surface area contributed by atoms with Gasteiger partial charge in [0.2, 0.25) is 10.0 Å². The van der Waals surface area contributed by atoms with E-state index in [9.17, 15) is 13.5 Å². The maximum atomic E-state index is 12.7. The number of nitrogens with zero attached hydrogens (tertiary/aromatic N) is 3. The average Bonchev–Trinajstić information content (AvgIpc) is 2.70. The minimum Gasteiger partial charge on any atom is -0.492 e. The normalized spacial score (nSPS) is 23.8. The topological polar surface area (TPSA) is 82.5 Å². The number of hydrogen-bond donors (Lipinski definition) is 1.